The van der Waals surface area contributed by atoms with E-state index in [0.29, 0.717) is 51.9 Å². The Morgan fingerprint density at radius 2 is 1.76 bits per heavy atom. The lowest BCUT2D eigenvalue weighted by atomic mass is 10.2. The number of rotatable bonds is 5. The summed E-state index contributed by atoms with van der Waals surface area (Å²) >= 11 is 6.46. The van der Waals surface area contributed by atoms with Gasteiger partial charge in [-0.2, -0.15) is 0 Å². The largest absolute Gasteiger partial charge is 0.495 e. The average Bonchev–Trinajstić information content (AvgIpc) is 3.12. The number of methoxy groups -OCH3 is 1. The maximum Gasteiger partial charge on any atom is 0.265 e. The summed E-state index contributed by atoms with van der Waals surface area (Å²) in [6, 6.07) is 13.1. The van der Waals surface area contributed by atoms with Crippen LogP contribution in [0.25, 0.3) is 38.9 Å². The van der Waals surface area contributed by atoms with Crippen LogP contribution in [0.4, 0.5) is 0 Å². The van der Waals surface area contributed by atoms with Gasteiger partial charge >= 0.3 is 0 Å². The van der Waals surface area contributed by atoms with Gasteiger partial charge in [0.2, 0.25) is 0 Å². The van der Waals surface area contributed by atoms with E-state index in [1.54, 1.807) is 23.8 Å². The van der Waals surface area contributed by atoms with Crippen LogP contribution in [-0.4, -0.2) is 31.2 Å². The highest BCUT2D eigenvalue weighted by molar-refractivity contribution is 6.32. The molecule has 0 saturated heterocycles. The van der Waals surface area contributed by atoms with Crippen LogP contribution in [0.5, 0.6) is 5.75 Å². The van der Waals surface area contributed by atoms with E-state index in [0.717, 1.165) is 22.5 Å². The van der Waals surface area contributed by atoms with Gasteiger partial charge < -0.3 is 4.74 Å². The fourth-order valence-electron chi connectivity index (χ4n) is 4.23. The Hall–Kier alpha value is -3.45. The monoisotopic (exact) mass is 461 g/mol. The Labute approximate surface area is 195 Å². The molecule has 0 aliphatic heterocycles. The van der Waals surface area contributed by atoms with Crippen molar-refractivity contribution in [2.24, 2.45) is 5.92 Å². The van der Waals surface area contributed by atoms with Gasteiger partial charge in [0.1, 0.15) is 22.5 Å². The molecule has 0 bridgehead atoms. The number of aromatic nitrogens is 5. The molecule has 5 rings (SSSR count). The van der Waals surface area contributed by atoms with Crippen molar-refractivity contribution in [3.8, 4) is 11.4 Å². The van der Waals surface area contributed by atoms with E-state index in [1.807, 2.05) is 41.8 Å². The predicted molar refractivity (Wildman–Crippen MR) is 132 cm³/mol. The van der Waals surface area contributed by atoms with E-state index in [1.165, 1.54) is 0 Å². The molecule has 168 valence electrons. The summed E-state index contributed by atoms with van der Waals surface area (Å²) < 4.78 is 8.96. The molecule has 0 amide bonds. The van der Waals surface area contributed by atoms with Crippen LogP contribution in [0.3, 0.4) is 0 Å². The first-order valence-electron chi connectivity index (χ1n) is 11.0. The van der Waals surface area contributed by atoms with Crippen LogP contribution in [0.1, 0.15) is 26.6 Å². The normalized spacial score (nSPS) is 11.8. The number of nitrogens with zero attached hydrogens (tertiary/aromatic N) is 5. The highest BCUT2D eigenvalue weighted by Gasteiger charge is 2.23. The van der Waals surface area contributed by atoms with Gasteiger partial charge in [-0.15, -0.1) is 0 Å². The lowest BCUT2D eigenvalue weighted by Gasteiger charge is -2.14. The van der Waals surface area contributed by atoms with E-state index in [2.05, 4.69) is 13.8 Å². The fraction of sp³-hybridized carbons (Fsp3) is 0.280. The molecule has 33 heavy (non-hydrogen) atoms. The highest BCUT2D eigenvalue weighted by atomic mass is 35.5. The maximum absolute atomic E-state index is 13.8. The van der Waals surface area contributed by atoms with Crippen molar-refractivity contribution in [3.63, 3.8) is 0 Å². The summed E-state index contributed by atoms with van der Waals surface area (Å²) in [6.45, 7) is 6.78. The molecule has 8 heteroatoms. The Bertz CT molecular complexity index is 1590. The van der Waals surface area contributed by atoms with Gasteiger partial charge in [-0.25, -0.2) is 15.0 Å². The van der Waals surface area contributed by atoms with Crippen LogP contribution in [0.2, 0.25) is 5.02 Å². The van der Waals surface area contributed by atoms with Gasteiger partial charge in [-0.05, 0) is 36.2 Å². The molecule has 0 aliphatic rings. The van der Waals surface area contributed by atoms with Crippen molar-refractivity contribution in [2.75, 3.05) is 7.11 Å². The molecule has 7 nitrogen and oxygen atoms in total. The molecule has 0 N–H and O–H groups in total. The number of para-hydroxylation sites is 2. The third-order valence-electron chi connectivity index (χ3n) is 5.70. The van der Waals surface area contributed by atoms with Gasteiger partial charge in [-0.3, -0.25) is 13.9 Å². The molecule has 3 aromatic heterocycles. The van der Waals surface area contributed by atoms with Gasteiger partial charge in [0.15, 0.2) is 11.3 Å². The van der Waals surface area contributed by atoms with E-state index in [9.17, 15) is 4.79 Å². The zero-order valence-corrected chi connectivity index (χ0v) is 19.7. The molecule has 5 aromatic rings. The number of aryl methyl sites for hydroxylation is 1. The smallest absolute Gasteiger partial charge is 0.265 e. The minimum atomic E-state index is -0.0986. The molecule has 0 atom stereocenters. The van der Waals surface area contributed by atoms with Crippen molar-refractivity contribution >= 4 is 44.8 Å². The van der Waals surface area contributed by atoms with E-state index < -0.39 is 0 Å². The number of hydrogen-bond acceptors (Lipinski definition) is 5. The SMILES string of the molecule is CCc1nc2c(c(=O)n1CC(C)C)c1nc3ccccc3nc1n2-c1ccc(OC)c(Cl)c1. The third-order valence-corrected chi connectivity index (χ3v) is 5.99. The second-order valence-corrected chi connectivity index (χ2v) is 8.84. The summed E-state index contributed by atoms with van der Waals surface area (Å²) in [5.74, 6) is 1.60. The van der Waals surface area contributed by atoms with Crippen molar-refractivity contribution in [2.45, 2.75) is 33.7 Å². The van der Waals surface area contributed by atoms with Gasteiger partial charge in [0.05, 0.1) is 28.9 Å². The molecule has 2 aromatic carbocycles. The molecule has 3 heterocycles. The highest BCUT2D eigenvalue weighted by Crippen LogP contribution is 2.32. The van der Waals surface area contributed by atoms with Crippen LogP contribution in [-0.2, 0) is 13.0 Å². The Morgan fingerprint density at radius 1 is 1.03 bits per heavy atom. The third kappa shape index (κ3) is 3.43. The first-order valence-corrected chi connectivity index (χ1v) is 11.3. The molecule has 0 saturated carbocycles. The standard InChI is InChI=1S/C25H24ClN5O2/c1-5-20-29-23-21(25(32)30(20)13-14(2)3)22-24(28-18-9-7-6-8-17(18)27-22)31(23)15-10-11-19(33-4)16(26)12-15/h6-12,14H,5,13H2,1-4H3. The number of ether oxygens (including phenoxy) is 1. The summed E-state index contributed by atoms with van der Waals surface area (Å²) in [6.07, 6.45) is 0.631. The quantitative estimate of drug-likeness (QED) is 0.361. The van der Waals surface area contributed by atoms with Crippen LogP contribution in [0, 0.1) is 5.92 Å². The fourth-order valence-corrected chi connectivity index (χ4v) is 4.48. The van der Waals surface area contributed by atoms with Crippen molar-refractivity contribution in [3.05, 3.63) is 63.7 Å². The van der Waals surface area contributed by atoms with Crippen molar-refractivity contribution < 1.29 is 4.74 Å². The topological polar surface area (TPSA) is 74.8 Å². The van der Waals surface area contributed by atoms with Crippen LogP contribution < -0.4 is 10.3 Å². The van der Waals surface area contributed by atoms with Crippen molar-refractivity contribution in [1.29, 1.82) is 0 Å². The minimum Gasteiger partial charge on any atom is -0.495 e. The number of hydrogen-bond donors (Lipinski definition) is 0. The van der Waals surface area contributed by atoms with Gasteiger partial charge in [0.25, 0.3) is 5.56 Å². The number of halogens is 1. The maximum atomic E-state index is 13.8. The predicted octanol–water partition coefficient (Wildman–Crippen LogP) is 5.16. The molecular formula is C25H24ClN5O2. The summed E-state index contributed by atoms with van der Waals surface area (Å²) in [5, 5.41) is 0.927. The Kier molecular flexibility index (Phi) is 5.29. The van der Waals surface area contributed by atoms with Crippen LogP contribution >= 0.6 is 11.6 Å². The molecule has 0 fully saturated rings. The summed E-state index contributed by atoms with van der Waals surface area (Å²) in [5.41, 5.74) is 3.74. The molecule has 0 radical (unpaired) electrons. The van der Waals surface area contributed by atoms with Crippen molar-refractivity contribution in [1.82, 2.24) is 24.1 Å². The zero-order valence-electron chi connectivity index (χ0n) is 19.0. The lowest BCUT2D eigenvalue weighted by Crippen LogP contribution is -2.27. The second-order valence-electron chi connectivity index (χ2n) is 8.43. The Morgan fingerprint density at radius 3 is 2.39 bits per heavy atom. The first-order chi connectivity index (χ1) is 15.9. The van der Waals surface area contributed by atoms with Gasteiger partial charge in [-0.1, -0.05) is 44.5 Å². The molecule has 0 aliphatic carbocycles. The van der Waals surface area contributed by atoms with E-state index >= 15 is 0 Å². The average molecular weight is 462 g/mol. The minimum absolute atomic E-state index is 0.0986. The summed E-state index contributed by atoms with van der Waals surface area (Å²) in [4.78, 5) is 28.5. The second kappa shape index (κ2) is 8.15. The number of benzene rings is 2. The van der Waals surface area contributed by atoms with Crippen LogP contribution in [0.15, 0.2) is 47.3 Å². The number of fused-ring (bicyclic) bond motifs is 4. The first kappa shape index (κ1) is 21.4. The van der Waals surface area contributed by atoms with Gasteiger partial charge in [0, 0.05) is 13.0 Å². The molecule has 0 spiro atoms. The molecular weight excluding hydrogens is 438 g/mol. The summed E-state index contributed by atoms with van der Waals surface area (Å²) in [7, 11) is 1.57. The molecule has 0 unspecified atom stereocenters. The lowest BCUT2D eigenvalue weighted by molar-refractivity contribution is 0.415. The zero-order chi connectivity index (χ0) is 23.3. The Balaban J connectivity index is 1.97. The van der Waals surface area contributed by atoms with E-state index in [4.69, 9.17) is 31.3 Å². The van der Waals surface area contributed by atoms with E-state index in [-0.39, 0.29) is 5.56 Å².